The number of ether oxygens (including phenoxy) is 1. The summed E-state index contributed by atoms with van der Waals surface area (Å²) in [6, 6.07) is 7.78. The van der Waals surface area contributed by atoms with Gasteiger partial charge in [-0.1, -0.05) is 46.9 Å². The monoisotopic (exact) mass is 412 g/mol. The average Bonchev–Trinajstić information content (AvgIpc) is 2.56. The van der Waals surface area contributed by atoms with Crippen molar-refractivity contribution in [3.63, 3.8) is 0 Å². The van der Waals surface area contributed by atoms with Gasteiger partial charge in [0, 0.05) is 5.92 Å². The van der Waals surface area contributed by atoms with Crippen LogP contribution in [0.25, 0.3) is 0 Å². The Labute approximate surface area is 147 Å². The summed E-state index contributed by atoms with van der Waals surface area (Å²) in [5.74, 6) is 2.40. The van der Waals surface area contributed by atoms with Gasteiger partial charge >= 0.3 is 0 Å². The molecule has 1 aromatic carbocycles. The third kappa shape index (κ3) is 4.48. The summed E-state index contributed by atoms with van der Waals surface area (Å²) in [7, 11) is 0. The predicted molar refractivity (Wildman–Crippen MR) is 98.4 cm³/mol. The van der Waals surface area contributed by atoms with Gasteiger partial charge in [0.1, 0.15) is 9.86 Å². The molecule has 2 fully saturated rings. The molecule has 2 nitrogen and oxygen atoms in total. The zero-order valence-electron chi connectivity index (χ0n) is 13.0. The Morgan fingerprint density at radius 2 is 1.55 bits per heavy atom. The molecule has 0 radical (unpaired) electrons. The molecule has 3 heteroatoms. The maximum absolute atomic E-state index is 9.39. The van der Waals surface area contributed by atoms with Crippen LogP contribution in [-0.4, -0.2) is 15.8 Å². The molecule has 1 heterocycles. The van der Waals surface area contributed by atoms with E-state index in [1.54, 1.807) is 0 Å². The van der Waals surface area contributed by atoms with Crippen LogP contribution in [-0.2, 0) is 4.74 Å². The van der Waals surface area contributed by atoms with Crippen molar-refractivity contribution < 1.29 is 9.84 Å². The van der Waals surface area contributed by atoms with E-state index in [-0.39, 0.29) is 0 Å². The van der Waals surface area contributed by atoms with Gasteiger partial charge < -0.3 is 9.84 Å². The van der Waals surface area contributed by atoms with E-state index in [4.69, 9.17) is 4.74 Å². The quantitative estimate of drug-likeness (QED) is 0.409. The SMILES string of the molecule is Oc1ccc(C2CCC(/C=C/C3CCC(I)OC3)CC2)cc1. The Morgan fingerprint density at radius 3 is 2.18 bits per heavy atom. The molecule has 120 valence electrons. The molecule has 0 amide bonds. The van der Waals surface area contributed by atoms with Crippen molar-refractivity contribution >= 4 is 22.6 Å². The van der Waals surface area contributed by atoms with Gasteiger partial charge in [0.05, 0.1) is 6.61 Å². The first-order valence-electron chi connectivity index (χ1n) is 8.43. The van der Waals surface area contributed by atoms with Crippen molar-refractivity contribution in [3.05, 3.63) is 42.0 Å². The lowest BCUT2D eigenvalue weighted by Gasteiger charge is -2.28. The fourth-order valence-corrected chi connectivity index (χ4v) is 4.16. The molecule has 1 aliphatic heterocycles. The minimum Gasteiger partial charge on any atom is -0.508 e. The molecule has 1 saturated carbocycles. The van der Waals surface area contributed by atoms with Crippen LogP contribution in [0, 0.1) is 11.8 Å². The molecule has 0 spiro atoms. The van der Waals surface area contributed by atoms with Crippen molar-refractivity contribution in [1.82, 2.24) is 0 Å². The van der Waals surface area contributed by atoms with Gasteiger partial charge in [-0.25, -0.2) is 0 Å². The van der Waals surface area contributed by atoms with Crippen molar-refractivity contribution in [1.29, 1.82) is 0 Å². The van der Waals surface area contributed by atoms with E-state index in [1.165, 1.54) is 44.1 Å². The predicted octanol–water partition coefficient (Wildman–Crippen LogP) is 5.41. The van der Waals surface area contributed by atoms with Crippen LogP contribution in [0.5, 0.6) is 5.75 Å². The summed E-state index contributed by atoms with van der Waals surface area (Å²) in [4.78, 5) is 0. The fourth-order valence-electron chi connectivity index (χ4n) is 3.60. The smallest absolute Gasteiger partial charge is 0.115 e. The highest BCUT2D eigenvalue weighted by Crippen LogP contribution is 2.37. The van der Waals surface area contributed by atoms with E-state index in [9.17, 15) is 5.11 Å². The second kappa shape index (κ2) is 7.82. The molecule has 1 aliphatic carbocycles. The van der Waals surface area contributed by atoms with Crippen LogP contribution < -0.4 is 0 Å². The molecule has 1 saturated heterocycles. The minimum absolute atomic E-state index is 0.365. The molecule has 1 aromatic rings. The number of halogens is 1. The van der Waals surface area contributed by atoms with Crippen LogP contribution in [0.15, 0.2) is 36.4 Å². The summed E-state index contributed by atoms with van der Waals surface area (Å²) in [5.41, 5.74) is 1.38. The summed E-state index contributed by atoms with van der Waals surface area (Å²) in [5, 5.41) is 9.39. The van der Waals surface area contributed by atoms with Crippen molar-refractivity contribution in [2.24, 2.45) is 11.8 Å². The molecule has 0 aromatic heterocycles. The van der Waals surface area contributed by atoms with Crippen molar-refractivity contribution in [2.75, 3.05) is 6.61 Å². The van der Waals surface area contributed by atoms with E-state index < -0.39 is 0 Å². The van der Waals surface area contributed by atoms with E-state index in [1.807, 2.05) is 12.1 Å². The topological polar surface area (TPSA) is 29.5 Å². The third-order valence-electron chi connectivity index (χ3n) is 5.05. The minimum atomic E-state index is 0.365. The van der Waals surface area contributed by atoms with Crippen LogP contribution in [0.2, 0.25) is 0 Å². The first kappa shape index (κ1) is 16.3. The summed E-state index contributed by atoms with van der Waals surface area (Å²) in [6.07, 6.45) is 12.4. The average molecular weight is 412 g/mol. The molecule has 22 heavy (non-hydrogen) atoms. The number of benzene rings is 1. The largest absolute Gasteiger partial charge is 0.508 e. The van der Waals surface area contributed by atoms with E-state index in [2.05, 4.69) is 46.9 Å². The number of aromatic hydroxyl groups is 1. The second-order valence-corrected chi connectivity index (χ2v) is 8.06. The van der Waals surface area contributed by atoms with Gasteiger partial charge in [-0.15, -0.1) is 0 Å². The lowest BCUT2D eigenvalue weighted by molar-refractivity contribution is 0.0583. The number of phenolic OH excluding ortho intramolecular Hbond substituents is 1. The fraction of sp³-hybridized carbons (Fsp3) is 0.579. The van der Waals surface area contributed by atoms with Crippen molar-refractivity contribution in [2.45, 2.75) is 48.6 Å². The number of phenols is 1. The summed E-state index contributed by atoms with van der Waals surface area (Å²) < 4.78 is 6.15. The van der Waals surface area contributed by atoms with Crippen LogP contribution in [0.4, 0.5) is 0 Å². The van der Waals surface area contributed by atoms with Gasteiger partial charge in [-0.05, 0) is 68.1 Å². The number of hydrogen-bond donors (Lipinski definition) is 1. The van der Waals surface area contributed by atoms with Gasteiger partial charge in [0.25, 0.3) is 0 Å². The summed E-state index contributed by atoms with van der Waals surface area (Å²) in [6.45, 7) is 0.896. The highest BCUT2D eigenvalue weighted by molar-refractivity contribution is 14.1. The molecule has 1 N–H and O–H groups in total. The van der Waals surface area contributed by atoms with Crippen LogP contribution in [0.1, 0.15) is 50.0 Å². The van der Waals surface area contributed by atoms with Gasteiger partial charge in [-0.3, -0.25) is 0 Å². The normalized spacial score (nSPS) is 33.1. The molecule has 2 unspecified atom stereocenters. The van der Waals surface area contributed by atoms with Gasteiger partial charge in [-0.2, -0.15) is 0 Å². The number of rotatable bonds is 3. The standard InChI is InChI=1S/C19H25IO2/c20-19-12-5-15(13-22-19)2-1-14-3-6-16(7-4-14)17-8-10-18(21)11-9-17/h1-2,8-11,14-16,19,21H,3-7,12-13H2/b2-1+. The number of allylic oxidation sites excluding steroid dienone is 1. The molecule has 2 atom stereocenters. The van der Waals surface area contributed by atoms with Crippen LogP contribution in [0.3, 0.4) is 0 Å². The first-order valence-corrected chi connectivity index (χ1v) is 9.68. The maximum atomic E-state index is 9.39. The number of hydrogen-bond acceptors (Lipinski definition) is 2. The lowest BCUT2D eigenvalue weighted by atomic mass is 9.78. The Morgan fingerprint density at radius 1 is 0.909 bits per heavy atom. The molecular weight excluding hydrogens is 387 g/mol. The second-order valence-electron chi connectivity index (χ2n) is 6.67. The zero-order valence-corrected chi connectivity index (χ0v) is 15.1. The van der Waals surface area contributed by atoms with E-state index in [0.29, 0.717) is 21.7 Å². The summed E-state index contributed by atoms with van der Waals surface area (Å²) >= 11 is 2.39. The molecular formula is C19H25IO2. The third-order valence-corrected chi connectivity index (χ3v) is 6.03. The first-order chi connectivity index (χ1) is 10.7. The van der Waals surface area contributed by atoms with Gasteiger partial charge in [0.15, 0.2) is 0 Å². The van der Waals surface area contributed by atoms with E-state index in [0.717, 1.165) is 12.5 Å². The van der Waals surface area contributed by atoms with E-state index >= 15 is 0 Å². The molecule has 3 rings (SSSR count). The van der Waals surface area contributed by atoms with Gasteiger partial charge in [0.2, 0.25) is 0 Å². The zero-order chi connectivity index (χ0) is 15.4. The van der Waals surface area contributed by atoms with Crippen molar-refractivity contribution in [3.8, 4) is 5.75 Å². The maximum Gasteiger partial charge on any atom is 0.115 e. The lowest BCUT2D eigenvalue weighted by Crippen LogP contribution is -2.20. The Bertz CT molecular complexity index is 481. The number of alkyl halides is 1. The Kier molecular flexibility index (Phi) is 5.80. The van der Waals surface area contributed by atoms with Crippen LogP contribution >= 0.6 is 22.6 Å². The highest BCUT2D eigenvalue weighted by atomic mass is 127. The Balaban J connectivity index is 1.46. The molecule has 0 bridgehead atoms. The molecule has 2 aliphatic rings. The Hall–Kier alpha value is -0.550. The highest BCUT2D eigenvalue weighted by Gasteiger charge is 2.22.